The fourth-order valence-electron chi connectivity index (χ4n) is 3.00. The van der Waals surface area contributed by atoms with E-state index in [0.717, 1.165) is 25.1 Å². The molecular weight excluding hydrogens is 330 g/mol. The first kappa shape index (κ1) is 20.0. The summed E-state index contributed by atoms with van der Waals surface area (Å²) in [6.07, 6.45) is 3.37. The van der Waals surface area contributed by atoms with Crippen LogP contribution in [0.15, 0.2) is 27.8 Å². The lowest BCUT2D eigenvalue weighted by molar-refractivity contribution is 0.0386. The first-order chi connectivity index (χ1) is 12.4. The van der Waals surface area contributed by atoms with Gasteiger partial charge >= 0.3 is 0 Å². The maximum atomic E-state index is 10.6. The van der Waals surface area contributed by atoms with Gasteiger partial charge in [0, 0.05) is 24.8 Å². The van der Waals surface area contributed by atoms with Crippen LogP contribution in [0.25, 0.3) is 0 Å². The molecule has 0 spiro atoms. The number of nitrogens with zero attached hydrogens (tertiary/aromatic N) is 3. The van der Waals surface area contributed by atoms with Gasteiger partial charge < -0.3 is 20.2 Å². The molecular formula is C19H31N5O2. The third kappa shape index (κ3) is 4.66. The molecule has 0 aliphatic rings. The van der Waals surface area contributed by atoms with Crippen LogP contribution in [0.1, 0.15) is 50.4 Å². The Labute approximate surface area is 155 Å². The molecule has 2 aromatic rings. The molecule has 0 fully saturated rings. The van der Waals surface area contributed by atoms with Crippen molar-refractivity contribution in [3.8, 4) is 0 Å². The number of hydrogen-bond donors (Lipinski definition) is 3. The lowest BCUT2D eigenvalue weighted by atomic mass is 10.0. The maximum Gasteiger partial charge on any atom is 0.191 e. The molecule has 0 aromatic carbocycles. The van der Waals surface area contributed by atoms with Crippen LogP contribution in [0.3, 0.4) is 0 Å². The fourth-order valence-corrected chi connectivity index (χ4v) is 3.00. The van der Waals surface area contributed by atoms with E-state index in [2.05, 4.69) is 29.6 Å². The van der Waals surface area contributed by atoms with E-state index in [1.54, 1.807) is 25.3 Å². The van der Waals surface area contributed by atoms with E-state index in [1.165, 1.54) is 11.3 Å². The highest BCUT2D eigenvalue weighted by atomic mass is 16.4. The fraction of sp³-hybridized carbons (Fsp3) is 0.579. The predicted octanol–water partition coefficient (Wildman–Crippen LogP) is 2.10. The third-order valence-corrected chi connectivity index (χ3v) is 4.42. The second-order valence-electron chi connectivity index (χ2n) is 6.50. The molecule has 0 radical (unpaired) electrons. The Balaban J connectivity index is 2.12. The zero-order chi connectivity index (χ0) is 19.2. The number of aromatic nitrogens is 2. The second-order valence-corrected chi connectivity index (χ2v) is 6.50. The van der Waals surface area contributed by atoms with Crippen molar-refractivity contribution in [3.63, 3.8) is 0 Å². The molecule has 1 unspecified atom stereocenters. The van der Waals surface area contributed by atoms with E-state index >= 15 is 0 Å². The van der Waals surface area contributed by atoms with Crippen LogP contribution in [-0.2, 0) is 32.0 Å². The molecule has 26 heavy (non-hydrogen) atoms. The maximum absolute atomic E-state index is 10.6. The van der Waals surface area contributed by atoms with Gasteiger partial charge in [-0.25, -0.2) is 4.99 Å². The zero-order valence-electron chi connectivity index (χ0n) is 16.5. The average Bonchev–Trinajstić information content (AvgIpc) is 3.25. The number of guanidine groups is 1. The smallest absolute Gasteiger partial charge is 0.191 e. The van der Waals surface area contributed by atoms with Gasteiger partial charge in [0.15, 0.2) is 5.96 Å². The topological polar surface area (TPSA) is 87.6 Å². The molecule has 3 N–H and O–H groups in total. The number of aliphatic hydroxyl groups is 1. The summed E-state index contributed by atoms with van der Waals surface area (Å²) in [5.74, 6) is 1.18. The van der Waals surface area contributed by atoms with Gasteiger partial charge in [0.25, 0.3) is 0 Å². The Morgan fingerprint density at radius 3 is 2.65 bits per heavy atom. The van der Waals surface area contributed by atoms with Gasteiger partial charge in [-0.15, -0.1) is 0 Å². The lowest BCUT2D eigenvalue weighted by Gasteiger charge is -2.22. The molecule has 0 bridgehead atoms. The zero-order valence-corrected chi connectivity index (χ0v) is 16.5. The van der Waals surface area contributed by atoms with Crippen molar-refractivity contribution in [2.75, 3.05) is 13.1 Å². The summed E-state index contributed by atoms with van der Waals surface area (Å²) in [7, 11) is 1.98. The van der Waals surface area contributed by atoms with Crippen LogP contribution < -0.4 is 10.6 Å². The van der Waals surface area contributed by atoms with Gasteiger partial charge in [-0.1, -0.05) is 13.8 Å². The van der Waals surface area contributed by atoms with Gasteiger partial charge in [0.05, 0.1) is 25.0 Å². The van der Waals surface area contributed by atoms with E-state index in [1.807, 2.05) is 18.7 Å². The molecule has 2 aromatic heterocycles. The van der Waals surface area contributed by atoms with E-state index in [4.69, 9.17) is 9.41 Å². The predicted molar refractivity (Wildman–Crippen MR) is 103 cm³/mol. The Hall–Kier alpha value is -2.28. The molecule has 0 amide bonds. The van der Waals surface area contributed by atoms with Crippen LogP contribution in [0.5, 0.6) is 0 Å². The largest absolute Gasteiger partial charge is 0.466 e. The average molecular weight is 361 g/mol. The summed E-state index contributed by atoms with van der Waals surface area (Å²) in [5.41, 5.74) is 2.38. The number of furan rings is 1. The quantitative estimate of drug-likeness (QED) is 0.495. The van der Waals surface area contributed by atoms with Gasteiger partial charge in [-0.3, -0.25) is 4.68 Å². The highest BCUT2D eigenvalue weighted by Gasteiger charge is 2.26. The Morgan fingerprint density at radius 1 is 1.31 bits per heavy atom. The van der Waals surface area contributed by atoms with E-state index < -0.39 is 5.60 Å². The molecule has 2 heterocycles. The van der Waals surface area contributed by atoms with E-state index in [9.17, 15) is 5.11 Å². The van der Waals surface area contributed by atoms with Crippen molar-refractivity contribution < 1.29 is 9.52 Å². The molecule has 7 heteroatoms. The normalized spacial score (nSPS) is 14.3. The van der Waals surface area contributed by atoms with Crippen molar-refractivity contribution in [2.45, 2.75) is 52.7 Å². The summed E-state index contributed by atoms with van der Waals surface area (Å²) in [6, 6.07) is 3.53. The van der Waals surface area contributed by atoms with Crippen molar-refractivity contribution in [2.24, 2.45) is 12.0 Å². The second kappa shape index (κ2) is 8.89. The van der Waals surface area contributed by atoms with Crippen LogP contribution in [-0.4, -0.2) is 33.9 Å². The minimum absolute atomic E-state index is 0.292. The molecule has 2 rings (SSSR count). The number of rotatable bonds is 8. The summed E-state index contributed by atoms with van der Waals surface area (Å²) in [6.45, 7) is 9.56. The highest BCUT2D eigenvalue weighted by molar-refractivity contribution is 5.79. The summed E-state index contributed by atoms with van der Waals surface area (Å²) >= 11 is 0. The number of aryl methyl sites for hydroxylation is 2. The van der Waals surface area contributed by atoms with E-state index in [0.29, 0.717) is 24.8 Å². The minimum Gasteiger partial charge on any atom is -0.466 e. The minimum atomic E-state index is -1.11. The van der Waals surface area contributed by atoms with Gasteiger partial charge in [-0.2, -0.15) is 5.10 Å². The molecule has 7 nitrogen and oxygen atoms in total. The van der Waals surface area contributed by atoms with Crippen LogP contribution >= 0.6 is 0 Å². The molecule has 0 aliphatic heterocycles. The Morgan fingerprint density at radius 2 is 2.08 bits per heavy atom. The number of nitrogens with one attached hydrogen (secondary N) is 2. The molecule has 1 atom stereocenters. The standard InChI is InChI=1S/C19H31N5O2/c1-6-15-14(16(7-2)24(5)23-15)12-21-18(20-8-3)22-13-19(4,25)17-10-9-11-26-17/h9-11,25H,6-8,12-13H2,1-5H3,(H2,20,21,22). The van der Waals surface area contributed by atoms with Crippen molar-refractivity contribution in [3.05, 3.63) is 41.1 Å². The first-order valence-corrected chi connectivity index (χ1v) is 9.25. The van der Waals surface area contributed by atoms with Crippen molar-refractivity contribution in [1.29, 1.82) is 0 Å². The summed E-state index contributed by atoms with van der Waals surface area (Å²) < 4.78 is 7.27. The first-order valence-electron chi connectivity index (χ1n) is 9.25. The Bertz CT molecular complexity index is 717. The summed E-state index contributed by atoms with van der Waals surface area (Å²) in [5, 5.41) is 21.6. The monoisotopic (exact) mass is 361 g/mol. The van der Waals surface area contributed by atoms with Crippen LogP contribution in [0.2, 0.25) is 0 Å². The summed E-state index contributed by atoms with van der Waals surface area (Å²) in [4.78, 5) is 4.70. The van der Waals surface area contributed by atoms with Crippen LogP contribution in [0.4, 0.5) is 0 Å². The third-order valence-electron chi connectivity index (χ3n) is 4.42. The lowest BCUT2D eigenvalue weighted by Crippen LogP contribution is -2.44. The van der Waals surface area contributed by atoms with Gasteiger partial charge in [0.2, 0.25) is 0 Å². The van der Waals surface area contributed by atoms with E-state index in [-0.39, 0.29) is 0 Å². The molecule has 144 valence electrons. The molecule has 0 saturated carbocycles. The van der Waals surface area contributed by atoms with Crippen molar-refractivity contribution in [1.82, 2.24) is 20.4 Å². The highest BCUT2D eigenvalue weighted by Crippen LogP contribution is 2.20. The Kier molecular flexibility index (Phi) is 6.85. The number of aliphatic imine (C=N–C) groups is 1. The van der Waals surface area contributed by atoms with Gasteiger partial charge in [0.1, 0.15) is 11.4 Å². The van der Waals surface area contributed by atoms with Gasteiger partial charge in [-0.05, 0) is 38.8 Å². The number of hydrogen-bond acceptors (Lipinski definition) is 4. The molecule has 0 saturated heterocycles. The van der Waals surface area contributed by atoms with Crippen LogP contribution in [0, 0.1) is 0 Å². The van der Waals surface area contributed by atoms with Crippen molar-refractivity contribution >= 4 is 5.96 Å². The molecule has 0 aliphatic carbocycles. The SMILES string of the molecule is CCNC(=NCc1c(CC)nn(C)c1CC)NCC(C)(O)c1ccco1.